The van der Waals surface area contributed by atoms with E-state index in [0.29, 0.717) is 19.0 Å². The zero-order chi connectivity index (χ0) is 19.1. The summed E-state index contributed by atoms with van der Waals surface area (Å²) in [4.78, 5) is 16.3. The molecular weight excluding hydrogens is 483 g/mol. The van der Waals surface area contributed by atoms with Crippen LogP contribution in [0.3, 0.4) is 0 Å². The zero-order valence-electron chi connectivity index (χ0n) is 16.9. The van der Waals surface area contributed by atoms with Crippen LogP contribution in [0.1, 0.15) is 55.8 Å². The standard InChI is InChI=1S/C20H30N6S.HI/c1-4-21-20(24-13-19-25-17(14-27-19)15(2)3)23-12-16-7-8-18(22-11-16)26-9-5-6-10-26;/h7-8,11,14-15H,4-6,9-10,12-13H2,1-3H3,(H2,21,23,24);1H. The monoisotopic (exact) mass is 514 g/mol. The molecule has 0 radical (unpaired) electrons. The lowest BCUT2D eigenvalue weighted by Gasteiger charge is -2.16. The van der Waals surface area contributed by atoms with E-state index in [0.717, 1.165) is 47.7 Å². The number of pyridine rings is 1. The van der Waals surface area contributed by atoms with Gasteiger partial charge in [0.15, 0.2) is 5.96 Å². The Morgan fingerprint density at radius 1 is 1.25 bits per heavy atom. The van der Waals surface area contributed by atoms with Gasteiger partial charge in [-0.2, -0.15) is 0 Å². The molecule has 3 rings (SSSR count). The molecule has 1 aliphatic heterocycles. The van der Waals surface area contributed by atoms with Crippen LogP contribution in [-0.4, -0.2) is 35.6 Å². The first kappa shape index (κ1) is 22.9. The van der Waals surface area contributed by atoms with Gasteiger partial charge in [-0.05, 0) is 37.3 Å². The van der Waals surface area contributed by atoms with Crippen LogP contribution in [0.25, 0.3) is 0 Å². The van der Waals surface area contributed by atoms with Crippen LogP contribution in [-0.2, 0) is 13.1 Å². The van der Waals surface area contributed by atoms with Crippen LogP contribution >= 0.6 is 35.3 Å². The van der Waals surface area contributed by atoms with Gasteiger partial charge in [0, 0.05) is 31.2 Å². The molecule has 2 aromatic heterocycles. The molecule has 0 saturated carbocycles. The van der Waals surface area contributed by atoms with Crippen molar-refractivity contribution in [1.82, 2.24) is 20.6 Å². The van der Waals surface area contributed by atoms with E-state index in [-0.39, 0.29) is 24.0 Å². The molecule has 0 atom stereocenters. The van der Waals surface area contributed by atoms with Crippen molar-refractivity contribution < 1.29 is 0 Å². The molecule has 28 heavy (non-hydrogen) atoms. The van der Waals surface area contributed by atoms with E-state index in [1.54, 1.807) is 11.3 Å². The predicted octanol–water partition coefficient (Wildman–Crippen LogP) is 4.14. The van der Waals surface area contributed by atoms with Gasteiger partial charge in [0.2, 0.25) is 0 Å². The molecule has 1 fully saturated rings. The Hall–Kier alpha value is -1.42. The summed E-state index contributed by atoms with van der Waals surface area (Å²) in [7, 11) is 0. The summed E-state index contributed by atoms with van der Waals surface area (Å²) in [6, 6.07) is 4.24. The first-order valence-electron chi connectivity index (χ1n) is 9.82. The molecule has 3 heterocycles. The number of hydrogen-bond donors (Lipinski definition) is 2. The SMILES string of the molecule is CCNC(=NCc1ccc(N2CCCC2)nc1)NCc1nc(C(C)C)cs1.I. The summed E-state index contributed by atoms with van der Waals surface area (Å²) in [5, 5.41) is 9.89. The fourth-order valence-electron chi connectivity index (χ4n) is 2.99. The molecule has 1 saturated heterocycles. The molecule has 0 bridgehead atoms. The minimum Gasteiger partial charge on any atom is -0.357 e. The minimum atomic E-state index is 0. The third-order valence-corrected chi connectivity index (χ3v) is 5.44. The number of nitrogens with one attached hydrogen (secondary N) is 2. The second kappa shape index (κ2) is 11.5. The molecular formula is C20H31IN6S. The number of nitrogens with zero attached hydrogens (tertiary/aromatic N) is 4. The van der Waals surface area contributed by atoms with Crippen molar-refractivity contribution >= 4 is 47.1 Å². The van der Waals surface area contributed by atoms with Crippen LogP contribution < -0.4 is 15.5 Å². The normalized spacial score (nSPS) is 14.3. The summed E-state index contributed by atoms with van der Waals surface area (Å²) in [6.07, 6.45) is 4.48. The van der Waals surface area contributed by atoms with E-state index in [4.69, 9.17) is 0 Å². The molecule has 0 aliphatic carbocycles. The fraction of sp³-hybridized carbons (Fsp3) is 0.550. The lowest BCUT2D eigenvalue weighted by atomic mass is 10.2. The Bertz CT molecular complexity index is 737. The van der Waals surface area contributed by atoms with Crippen LogP contribution in [0.2, 0.25) is 0 Å². The van der Waals surface area contributed by atoms with Gasteiger partial charge >= 0.3 is 0 Å². The number of hydrogen-bond acceptors (Lipinski definition) is 5. The molecule has 8 heteroatoms. The molecule has 0 aromatic carbocycles. The maximum Gasteiger partial charge on any atom is 0.191 e. The highest BCUT2D eigenvalue weighted by Gasteiger charge is 2.13. The topological polar surface area (TPSA) is 65.4 Å². The van der Waals surface area contributed by atoms with Crippen LogP contribution in [0.5, 0.6) is 0 Å². The lowest BCUT2D eigenvalue weighted by molar-refractivity contribution is 0.787. The number of halogens is 1. The third kappa shape index (κ3) is 6.58. The molecule has 154 valence electrons. The molecule has 0 spiro atoms. The van der Waals surface area contributed by atoms with Crippen molar-refractivity contribution in [2.75, 3.05) is 24.5 Å². The van der Waals surface area contributed by atoms with Crippen molar-refractivity contribution in [2.45, 2.75) is 52.6 Å². The van der Waals surface area contributed by atoms with Crippen molar-refractivity contribution in [3.63, 3.8) is 0 Å². The molecule has 6 nitrogen and oxygen atoms in total. The predicted molar refractivity (Wildman–Crippen MR) is 129 cm³/mol. The Kier molecular flexibility index (Phi) is 9.43. The Morgan fingerprint density at radius 3 is 2.64 bits per heavy atom. The second-order valence-corrected chi connectivity index (χ2v) is 8.03. The Labute approximate surface area is 189 Å². The Morgan fingerprint density at radius 2 is 2.04 bits per heavy atom. The highest BCUT2D eigenvalue weighted by atomic mass is 127. The number of thiazole rings is 1. The van der Waals surface area contributed by atoms with Crippen molar-refractivity contribution in [2.24, 2.45) is 4.99 Å². The number of aliphatic imine (C=N–C) groups is 1. The van der Waals surface area contributed by atoms with Gasteiger partial charge < -0.3 is 15.5 Å². The van der Waals surface area contributed by atoms with Gasteiger partial charge in [-0.25, -0.2) is 15.0 Å². The van der Waals surface area contributed by atoms with Gasteiger partial charge in [0.1, 0.15) is 10.8 Å². The van der Waals surface area contributed by atoms with Gasteiger partial charge in [-0.3, -0.25) is 0 Å². The first-order chi connectivity index (χ1) is 13.2. The average Bonchev–Trinajstić information content (AvgIpc) is 3.36. The largest absolute Gasteiger partial charge is 0.357 e. The first-order valence-corrected chi connectivity index (χ1v) is 10.7. The van der Waals surface area contributed by atoms with E-state index >= 15 is 0 Å². The van der Waals surface area contributed by atoms with E-state index < -0.39 is 0 Å². The van der Waals surface area contributed by atoms with Crippen LogP contribution in [0, 0.1) is 0 Å². The van der Waals surface area contributed by atoms with Crippen molar-refractivity contribution in [3.05, 3.63) is 40.0 Å². The quantitative estimate of drug-likeness (QED) is 0.331. The minimum absolute atomic E-state index is 0. The smallest absolute Gasteiger partial charge is 0.191 e. The van der Waals surface area contributed by atoms with E-state index in [1.807, 2.05) is 6.20 Å². The van der Waals surface area contributed by atoms with Gasteiger partial charge in [0.05, 0.1) is 18.8 Å². The van der Waals surface area contributed by atoms with E-state index in [1.165, 1.54) is 12.8 Å². The van der Waals surface area contributed by atoms with Crippen molar-refractivity contribution in [3.8, 4) is 0 Å². The fourth-order valence-corrected chi connectivity index (χ4v) is 3.88. The second-order valence-electron chi connectivity index (χ2n) is 7.09. The highest BCUT2D eigenvalue weighted by molar-refractivity contribution is 14.0. The van der Waals surface area contributed by atoms with E-state index in [2.05, 4.69) is 68.8 Å². The average molecular weight is 514 g/mol. The number of anilines is 1. The van der Waals surface area contributed by atoms with Crippen LogP contribution in [0.15, 0.2) is 28.7 Å². The van der Waals surface area contributed by atoms with Gasteiger partial charge in [-0.15, -0.1) is 35.3 Å². The number of aromatic nitrogens is 2. The highest BCUT2D eigenvalue weighted by Crippen LogP contribution is 2.18. The third-order valence-electron chi connectivity index (χ3n) is 4.57. The molecule has 0 unspecified atom stereocenters. The van der Waals surface area contributed by atoms with Gasteiger partial charge in [-0.1, -0.05) is 19.9 Å². The molecule has 2 aromatic rings. The van der Waals surface area contributed by atoms with E-state index in [9.17, 15) is 0 Å². The summed E-state index contributed by atoms with van der Waals surface area (Å²) in [6.45, 7) is 10.8. The molecule has 0 amide bonds. The molecule has 2 N–H and O–H groups in total. The summed E-state index contributed by atoms with van der Waals surface area (Å²) < 4.78 is 0. The van der Waals surface area contributed by atoms with Gasteiger partial charge in [0.25, 0.3) is 0 Å². The van der Waals surface area contributed by atoms with Crippen LogP contribution in [0.4, 0.5) is 5.82 Å². The zero-order valence-corrected chi connectivity index (χ0v) is 20.1. The maximum absolute atomic E-state index is 4.69. The lowest BCUT2D eigenvalue weighted by Crippen LogP contribution is -2.36. The summed E-state index contributed by atoms with van der Waals surface area (Å²) in [5.41, 5.74) is 2.27. The van der Waals surface area contributed by atoms with Crippen molar-refractivity contribution in [1.29, 1.82) is 0 Å². The molecule has 1 aliphatic rings. The summed E-state index contributed by atoms with van der Waals surface area (Å²) in [5.74, 6) is 2.35. The summed E-state index contributed by atoms with van der Waals surface area (Å²) >= 11 is 1.69. The number of guanidine groups is 1. The Balaban J connectivity index is 0.00000280. The number of rotatable bonds is 7. The maximum atomic E-state index is 4.69.